The van der Waals surface area contributed by atoms with Gasteiger partial charge in [0.15, 0.2) is 5.82 Å². The monoisotopic (exact) mass is 465 g/mol. The molecule has 3 aromatic heterocycles. The quantitative estimate of drug-likeness (QED) is 0.263. The summed E-state index contributed by atoms with van der Waals surface area (Å²) >= 11 is 1.73. The molecule has 0 amide bonds. The molecule has 4 aromatic carbocycles. The second-order valence-electron chi connectivity index (χ2n) is 8.48. The van der Waals surface area contributed by atoms with Crippen LogP contribution in [0.15, 0.2) is 115 Å². The van der Waals surface area contributed by atoms with Crippen molar-refractivity contribution >= 4 is 42.5 Å². The van der Waals surface area contributed by atoms with Crippen molar-refractivity contribution in [3.05, 3.63) is 115 Å². The first-order chi connectivity index (χ1) is 17.3. The number of benzene rings is 4. The Morgan fingerprint density at radius 2 is 1.14 bits per heavy atom. The number of pyridine rings is 1. The van der Waals surface area contributed by atoms with Gasteiger partial charge in [0.05, 0.1) is 16.9 Å². The van der Waals surface area contributed by atoms with Gasteiger partial charge in [-0.15, -0.1) is 11.3 Å². The summed E-state index contributed by atoms with van der Waals surface area (Å²) in [6.45, 7) is 0. The fourth-order valence-corrected chi connectivity index (χ4v) is 5.79. The summed E-state index contributed by atoms with van der Waals surface area (Å²) in [5.74, 6) is 0.718. The molecule has 7 rings (SSSR count). The number of rotatable bonds is 3. The Balaban J connectivity index is 1.63. The molecule has 7 aromatic rings. The molecule has 0 atom stereocenters. The van der Waals surface area contributed by atoms with Gasteiger partial charge in [-0.1, -0.05) is 97.1 Å². The maximum Gasteiger partial charge on any atom is 0.160 e. The predicted molar refractivity (Wildman–Crippen MR) is 147 cm³/mol. The molecule has 0 saturated carbocycles. The first-order valence-electron chi connectivity index (χ1n) is 11.6. The van der Waals surface area contributed by atoms with E-state index in [-0.39, 0.29) is 0 Å². The lowest BCUT2D eigenvalue weighted by Gasteiger charge is -2.12. The lowest BCUT2D eigenvalue weighted by molar-refractivity contribution is 1.19. The van der Waals surface area contributed by atoms with Gasteiger partial charge in [0.2, 0.25) is 0 Å². The minimum absolute atomic E-state index is 0.718. The molecule has 0 aliphatic heterocycles. The van der Waals surface area contributed by atoms with Crippen molar-refractivity contribution in [2.75, 3.05) is 0 Å². The molecule has 35 heavy (non-hydrogen) atoms. The molecule has 0 radical (unpaired) electrons. The average Bonchev–Trinajstić information content (AvgIpc) is 3.30. The molecule has 4 heteroatoms. The zero-order chi connectivity index (χ0) is 23.2. The van der Waals surface area contributed by atoms with Crippen LogP contribution in [-0.2, 0) is 0 Å². The third-order valence-corrected chi connectivity index (χ3v) is 7.37. The van der Waals surface area contributed by atoms with Gasteiger partial charge >= 0.3 is 0 Å². The molecule has 0 fully saturated rings. The Morgan fingerprint density at radius 3 is 1.94 bits per heavy atom. The van der Waals surface area contributed by atoms with Crippen LogP contribution in [0.5, 0.6) is 0 Å². The molecule has 0 aliphatic carbocycles. The molecular formula is C31H19N3S. The van der Waals surface area contributed by atoms with E-state index in [9.17, 15) is 0 Å². The first-order valence-corrected chi connectivity index (χ1v) is 12.4. The zero-order valence-electron chi connectivity index (χ0n) is 18.7. The molecule has 0 aliphatic rings. The number of aromatic nitrogens is 3. The highest BCUT2D eigenvalue weighted by Crippen LogP contribution is 2.43. The van der Waals surface area contributed by atoms with Crippen molar-refractivity contribution in [2.24, 2.45) is 0 Å². The number of fused-ring (bicyclic) bond motifs is 4. The van der Waals surface area contributed by atoms with E-state index in [0.717, 1.165) is 55.0 Å². The summed E-state index contributed by atoms with van der Waals surface area (Å²) in [6, 6.07) is 39.5. The van der Waals surface area contributed by atoms with Crippen molar-refractivity contribution in [3.63, 3.8) is 0 Å². The summed E-state index contributed by atoms with van der Waals surface area (Å²) in [5.41, 5.74) is 5.96. The predicted octanol–water partition coefficient (Wildman–Crippen LogP) is 8.39. The molecule has 3 heterocycles. The molecule has 0 saturated heterocycles. The fraction of sp³-hybridized carbons (Fsp3) is 0. The number of nitrogens with zero attached hydrogens (tertiary/aromatic N) is 3. The van der Waals surface area contributed by atoms with E-state index in [2.05, 4.69) is 72.8 Å². The highest BCUT2D eigenvalue weighted by atomic mass is 32.1. The zero-order valence-corrected chi connectivity index (χ0v) is 19.5. The van der Waals surface area contributed by atoms with E-state index in [1.165, 1.54) is 10.1 Å². The number of para-hydroxylation sites is 1. The normalized spacial score (nSPS) is 11.4. The Bertz CT molecular complexity index is 1780. The third-order valence-electron chi connectivity index (χ3n) is 6.31. The Kier molecular flexibility index (Phi) is 4.64. The lowest BCUT2D eigenvalue weighted by atomic mass is 9.98. The van der Waals surface area contributed by atoms with Crippen molar-refractivity contribution in [1.29, 1.82) is 0 Å². The van der Waals surface area contributed by atoms with Gasteiger partial charge < -0.3 is 0 Å². The van der Waals surface area contributed by atoms with Crippen molar-refractivity contribution in [3.8, 4) is 33.9 Å². The minimum Gasteiger partial charge on any atom is -0.237 e. The van der Waals surface area contributed by atoms with Gasteiger partial charge in [-0.3, -0.25) is 0 Å². The van der Waals surface area contributed by atoms with Crippen LogP contribution in [0.1, 0.15) is 0 Å². The first kappa shape index (κ1) is 20.0. The number of thiophene rings is 1. The van der Waals surface area contributed by atoms with Crippen molar-refractivity contribution in [1.82, 2.24) is 15.0 Å². The van der Waals surface area contributed by atoms with E-state index < -0.39 is 0 Å². The Labute approximate surface area is 206 Å². The van der Waals surface area contributed by atoms with Gasteiger partial charge in [-0.25, -0.2) is 15.0 Å². The molecule has 0 spiro atoms. The summed E-state index contributed by atoms with van der Waals surface area (Å²) in [4.78, 5) is 16.2. The van der Waals surface area contributed by atoms with Gasteiger partial charge in [0, 0.05) is 37.5 Å². The van der Waals surface area contributed by atoms with Crippen LogP contribution in [0.3, 0.4) is 0 Å². The van der Waals surface area contributed by atoms with Gasteiger partial charge in [-0.2, -0.15) is 0 Å². The summed E-state index contributed by atoms with van der Waals surface area (Å²) < 4.78 is 1.23. The van der Waals surface area contributed by atoms with Crippen LogP contribution in [0, 0.1) is 0 Å². The fourth-order valence-electron chi connectivity index (χ4n) is 4.69. The second-order valence-corrected chi connectivity index (χ2v) is 9.51. The molecule has 0 bridgehead atoms. The maximum atomic E-state index is 5.15. The lowest BCUT2D eigenvalue weighted by Crippen LogP contribution is -1.97. The van der Waals surface area contributed by atoms with Gasteiger partial charge in [-0.05, 0) is 18.2 Å². The molecule has 3 nitrogen and oxygen atoms in total. The van der Waals surface area contributed by atoms with Crippen LogP contribution in [0.25, 0.3) is 65.1 Å². The van der Waals surface area contributed by atoms with Crippen LogP contribution >= 0.6 is 11.3 Å². The third kappa shape index (κ3) is 3.38. The standard InChI is InChI=1S/C31H19N3S/c1-3-11-20(12-4-1)25-19-26(33-30(32-25)21-13-5-2-6-14-21)28-22-15-7-9-17-24(22)34-31-29(28)23-16-8-10-18-27(23)35-31/h1-19H. The molecule has 164 valence electrons. The highest BCUT2D eigenvalue weighted by molar-refractivity contribution is 7.25. The number of hydrogen-bond acceptors (Lipinski definition) is 4. The maximum absolute atomic E-state index is 5.15. The van der Waals surface area contributed by atoms with Crippen LogP contribution < -0.4 is 0 Å². The highest BCUT2D eigenvalue weighted by Gasteiger charge is 2.19. The number of hydrogen-bond donors (Lipinski definition) is 0. The van der Waals surface area contributed by atoms with E-state index in [0.29, 0.717) is 0 Å². The molecule has 0 unspecified atom stereocenters. The summed E-state index contributed by atoms with van der Waals surface area (Å²) in [6.07, 6.45) is 0. The van der Waals surface area contributed by atoms with Crippen molar-refractivity contribution in [2.45, 2.75) is 0 Å². The minimum atomic E-state index is 0.718. The van der Waals surface area contributed by atoms with Crippen LogP contribution in [0.2, 0.25) is 0 Å². The molecule has 0 N–H and O–H groups in total. The summed E-state index contributed by atoms with van der Waals surface area (Å²) in [7, 11) is 0. The topological polar surface area (TPSA) is 38.7 Å². The largest absolute Gasteiger partial charge is 0.237 e. The average molecular weight is 466 g/mol. The van der Waals surface area contributed by atoms with Gasteiger partial charge in [0.1, 0.15) is 4.83 Å². The van der Waals surface area contributed by atoms with Crippen LogP contribution in [-0.4, -0.2) is 15.0 Å². The summed E-state index contributed by atoms with van der Waals surface area (Å²) in [5, 5.41) is 3.46. The second kappa shape index (κ2) is 8.12. The SMILES string of the molecule is c1ccc(-c2cc(-c3c4ccccc4nc4sc5ccccc5c34)nc(-c3ccccc3)n2)cc1. The van der Waals surface area contributed by atoms with E-state index >= 15 is 0 Å². The van der Waals surface area contributed by atoms with Crippen LogP contribution in [0.4, 0.5) is 0 Å². The van der Waals surface area contributed by atoms with Crippen molar-refractivity contribution < 1.29 is 0 Å². The van der Waals surface area contributed by atoms with E-state index in [1.54, 1.807) is 11.3 Å². The van der Waals surface area contributed by atoms with E-state index in [4.69, 9.17) is 15.0 Å². The van der Waals surface area contributed by atoms with E-state index in [1.807, 2.05) is 42.5 Å². The smallest absolute Gasteiger partial charge is 0.160 e. The molecular weight excluding hydrogens is 446 g/mol. The van der Waals surface area contributed by atoms with Gasteiger partial charge in [0.25, 0.3) is 0 Å². The Hall–Kier alpha value is -4.41. The Morgan fingerprint density at radius 1 is 0.514 bits per heavy atom.